The first kappa shape index (κ1) is 19.5. The monoisotopic (exact) mass is 371 g/mol. The summed E-state index contributed by atoms with van der Waals surface area (Å²) in [6.45, 7) is 3.91. The maximum Gasteiger partial charge on any atom is 0.324 e. The summed E-state index contributed by atoms with van der Waals surface area (Å²) < 4.78 is 43.2. The highest BCUT2D eigenvalue weighted by Crippen LogP contribution is 2.35. The molecule has 1 aromatic carbocycles. The summed E-state index contributed by atoms with van der Waals surface area (Å²) in [6.07, 6.45) is 1.96. The van der Waals surface area contributed by atoms with Crippen LogP contribution in [0.25, 0.3) is 0 Å². The summed E-state index contributed by atoms with van der Waals surface area (Å²) in [5, 5.41) is 0. The molecule has 1 unspecified atom stereocenters. The first-order valence-electron chi connectivity index (χ1n) is 8.27. The number of rotatable bonds is 6. The molecule has 1 aliphatic heterocycles. The minimum absolute atomic E-state index is 0.112. The average Bonchev–Trinajstić information content (AvgIpc) is 2.61. The standard InChI is InChI=1S/C17H25NO6S/c1-5-24-17(19)13-8-6-7-9-18(13)25(20,21)16-11-15(23-4)14(22-3)10-12(16)2/h10-11,13H,5-9H2,1-4H3. The number of aryl methyl sites for hydroxylation is 1. The van der Waals surface area contributed by atoms with Crippen LogP contribution in [-0.2, 0) is 19.6 Å². The zero-order valence-corrected chi connectivity index (χ0v) is 15.9. The lowest BCUT2D eigenvalue weighted by Gasteiger charge is -2.33. The van der Waals surface area contributed by atoms with Gasteiger partial charge in [-0.05, 0) is 44.7 Å². The molecule has 1 atom stereocenters. The fraction of sp³-hybridized carbons (Fsp3) is 0.588. The lowest BCUT2D eigenvalue weighted by atomic mass is 10.1. The molecule has 140 valence electrons. The van der Waals surface area contributed by atoms with Gasteiger partial charge >= 0.3 is 5.97 Å². The third kappa shape index (κ3) is 3.90. The van der Waals surface area contributed by atoms with E-state index in [1.165, 1.54) is 24.6 Å². The van der Waals surface area contributed by atoms with Crippen LogP contribution in [0.4, 0.5) is 0 Å². The smallest absolute Gasteiger partial charge is 0.324 e. The summed E-state index contributed by atoms with van der Waals surface area (Å²) in [5.74, 6) is 0.291. The van der Waals surface area contributed by atoms with E-state index in [1.54, 1.807) is 19.9 Å². The summed E-state index contributed by atoms with van der Waals surface area (Å²) in [5.41, 5.74) is 0.533. The molecular formula is C17H25NO6S. The zero-order chi connectivity index (χ0) is 18.6. The Morgan fingerprint density at radius 3 is 2.44 bits per heavy atom. The van der Waals surface area contributed by atoms with E-state index in [4.69, 9.17) is 14.2 Å². The molecule has 7 nitrogen and oxygen atoms in total. The highest BCUT2D eigenvalue weighted by Gasteiger charge is 2.39. The van der Waals surface area contributed by atoms with E-state index in [0.717, 1.165) is 6.42 Å². The van der Waals surface area contributed by atoms with E-state index in [0.29, 0.717) is 36.4 Å². The van der Waals surface area contributed by atoms with Crippen molar-refractivity contribution >= 4 is 16.0 Å². The number of hydrogen-bond acceptors (Lipinski definition) is 6. The number of esters is 1. The van der Waals surface area contributed by atoms with Gasteiger partial charge in [0.1, 0.15) is 6.04 Å². The molecule has 0 bridgehead atoms. The van der Waals surface area contributed by atoms with Crippen molar-refractivity contribution < 1.29 is 27.4 Å². The van der Waals surface area contributed by atoms with Gasteiger partial charge in [-0.1, -0.05) is 0 Å². The predicted molar refractivity (Wildman–Crippen MR) is 92.4 cm³/mol. The normalized spacial score (nSPS) is 18.6. The fourth-order valence-electron chi connectivity index (χ4n) is 3.03. The lowest BCUT2D eigenvalue weighted by molar-refractivity contribution is -0.148. The van der Waals surface area contributed by atoms with Crippen molar-refractivity contribution in [2.75, 3.05) is 27.4 Å². The second-order valence-corrected chi connectivity index (χ2v) is 7.71. The molecule has 0 aromatic heterocycles. The van der Waals surface area contributed by atoms with Gasteiger partial charge in [0.15, 0.2) is 11.5 Å². The molecular weight excluding hydrogens is 346 g/mol. The quantitative estimate of drug-likeness (QED) is 0.713. The third-order valence-corrected chi connectivity index (χ3v) is 6.33. The van der Waals surface area contributed by atoms with Crippen molar-refractivity contribution in [2.24, 2.45) is 0 Å². The van der Waals surface area contributed by atoms with Crippen LogP contribution >= 0.6 is 0 Å². The van der Waals surface area contributed by atoms with Crippen molar-refractivity contribution in [3.63, 3.8) is 0 Å². The van der Waals surface area contributed by atoms with E-state index in [2.05, 4.69) is 0 Å². The van der Waals surface area contributed by atoms with E-state index < -0.39 is 22.0 Å². The molecule has 0 spiro atoms. The Kier molecular flexibility index (Phi) is 6.29. The topological polar surface area (TPSA) is 82.1 Å². The molecule has 0 amide bonds. The first-order chi connectivity index (χ1) is 11.9. The number of sulfonamides is 1. The van der Waals surface area contributed by atoms with Gasteiger partial charge in [-0.15, -0.1) is 0 Å². The van der Waals surface area contributed by atoms with Crippen LogP contribution < -0.4 is 9.47 Å². The Hall–Kier alpha value is -1.80. The second-order valence-electron chi connectivity index (χ2n) is 5.85. The molecule has 1 heterocycles. The van der Waals surface area contributed by atoms with Crippen LogP contribution in [0.1, 0.15) is 31.7 Å². The maximum atomic E-state index is 13.2. The molecule has 0 radical (unpaired) electrons. The Balaban J connectivity index is 2.47. The molecule has 0 N–H and O–H groups in total. The number of carbonyl (C=O) groups excluding carboxylic acids is 1. The van der Waals surface area contributed by atoms with Crippen LogP contribution in [0.2, 0.25) is 0 Å². The van der Waals surface area contributed by atoms with Gasteiger partial charge in [0.25, 0.3) is 0 Å². The van der Waals surface area contributed by atoms with Gasteiger partial charge in [-0.25, -0.2) is 8.42 Å². The molecule has 8 heteroatoms. The SMILES string of the molecule is CCOC(=O)C1CCCCN1S(=O)(=O)c1cc(OC)c(OC)cc1C. The molecule has 0 aliphatic carbocycles. The maximum absolute atomic E-state index is 13.2. The molecule has 1 fully saturated rings. The first-order valence-corrected chi connectivity index (χ1v) is 9.71. The average molecular weight is 371 g/mol. The molecule has 2 rings (SSSR count). The number of ether oxygens (including phenoxy) is 3. The summed E-state index contributed by atoms with van der Waals surface area (Å²) in [7, 11) is -0.923. The Morgan fingerprint density at radius 1 is 1.20 bits per heavy atom. The van der Waals surface area contributed by atoms with Gasteiger partial charge in [0.05, 0.1) is 25.7 Å². The molecule has 1 saturated heterocycles. The van der Waals surface area contributed by atoms with E-state index in [1.807, 2.05) is 0 Å². The minimum Gasteiger partial charge on any atom is -0.493 e. The van der Waals surface area contributed by atoms with E-state index >= 15 is 0 Å². The number of piperidine rings is 1. The molecule has 1 aromatic rings. The number of benzene rings is 1. The van der Waals surface area contributed by atoms with Crippen LogP contribution in [0.5, 0.6) is 11.5 Å². The Bertz CT molecular complexity index is 731. The third-order valence-electron chi connectivity index (χ3n) is 4.28. The van der Waals surface area contributed by atoms with Gasteiger partial charge in [0, 0.05) is 12.6 Å². The number of methoxy groups -OCH3 is 2. The van der Waals surface area contributed by atoms with E-state index in [-0.39, 0.29) is 11.5 Å². The summed E-state index contributed by atoms with van der Waals surface area (Å²) in [6, 6.07) is 2.28. The van der Waals surface area contributed by atoms with Crippen LogP contribution in [0, 0.1) is 6.92 Å². The number of hydrogen-bond donors (Lipinski definition) is 0. The van der Waals surface area contributed by atoms with Crippen LogP contribution in [0.3, 0.4) is 0 Å². The van der Waals surface area contributed by atoms with Crippen molar-refractivity contribution in [3.05, 3.63) is 17.7 Å². The largest absolute Gasteiger partial charge is 0.493 e. The second kappa shape index (κ2) is 8.05. The Morgan fingerprint density at radius 2 is 1.84 bits per heavy atom. The van der Waals surface area contributed by atoms with E-state index in [9.17, 15) is 13.2 Å². The van der Waals surface area contributed by atoms with Crippen molar-refractivity contribution in [3.8, 4) is 11.5 Å². The van der Waals surface area contributed by atoms with Crippen LogP contribution in [-0.4, -0.2) is 52.1 Å². The van der Waals surface area contributed by atoms with Crippen molar-refractivity contribution in [1.82, 2.24) is 4.31 Å². The van der Waals surface area contributed by atoms with Gasteiger partial charge in [-0.3, -0.25) is 4.79 Å². The van der Waals surface area contributed by atoms with Gasteiger partial charge in [-0.2, -0.15) is 4.31 Å². The summed E-state index contributed by atoms with van der Waals surface area (Å²) >= 11 is 0. The van der Waals surface area contributed by atoms with Gasteiger partial charge < -0.3 is 14.2 Å². The minimum atomic E-state index is -3.87. The highest BCUT2D eigenvalue weighted by molar-refractivity contribution is 7.89. The van der Waals surface area contributed by atoms with Gasteiger partial charge in [0.2, 0.25) is 10.0 Å². The molecule has 25 heavy (non-hydrogen) atoms. The highest BCUT2D eigenvalue weighted by atomic mass is 32.2. The number of carbonyl (C=O) groups is 1. The number of nitrogens with zero attached hydrogens (tertiary/aromatic N) is 1. The predicted octanol–water partition coefficient (Wildman–Crippen LogP) is 2.12. The summed E-state index contributed by atoms with van der Waals surface area (Å²) in [4.78, 5) is 12.3. The lowest BCUT2D eigenvalue weighted by Crippen LogP contribution is -2.48. The Labute approximate surface area is 148 Å². The zero-order valence-electron chi connectivity index (χ0n) is 15.1. The molecule has 0 saturated carbocycles. The van der Waals surface area contributed by atoms with Crippen molar-refractivity contribution in [1.29, 1.82) is 0 Å². The van der Waals surface area contributed by atoms with Crippen molar-refractivity contribution in [2.45, 2.75) is 44.0 Å². The molecule has 1 aliphatic rings. The van der Waals surface area contributed by atoms with Crippen LogP contribution in [0.15, 0.2) is 17.0 Å². The fourth-order valence-corrected chi connectivity index (χ4v) is 4.90.